The van der Waals surface area contributed by atoms with Gasteiger partial charge in [0, 0.05) is 21.4 Å². The van der Waals surface area contributed by atoms with Crippen LogP contribution in [0.15, 0.2) is 76.8 Å². The zero-order valence-corrected chi connectivity index (χ0v) is 20.0. The first-order valence-electron chi connectivity index (χ1n) is 9.50. The Morgan fingerprint density at radius 2 is 1.52 bits per heavy atom. The van der Waals surface area contributed by atoms with Gasteiger partial charge in [0.05, 0.1) is 4.47 Å². The second-order valence-electron chi connectivity index (χ2n) is 6.66. The molecule has 3 aromatic rings. The molecule has 0 aliphatic heterocycles. The second-order valence-corrected chi connectivity index (χ2v) is 8.39. The van der Waals surface area contributed by atoms with Crippen LogP contribution in [-0.4, -0.2) is 18.4 Å². The third kappa shape index (κ3) is 7.36. The van der Waals surface area contributed by atoms with Crippen molar-refractivity contribution >= 4 is 68.4 Å². The molecule has 0 bridgehead atoms. The number of nitriles is 1. The number of nitrogens with one attached hydrogen (secondary N) is 2. The molecule has 3 rings (SSSR count). The Morgan fingerprint density at radius 1 is 0.939 bits per heavy atom. The Hall–Kier alpha value is -3.31. The maximum absolute atomic E-state index is 12.4. The molecule has 0 radical (unpaired) electrons. The molecule has 6 nitrogen and oxygen atoms in total. The van der Waals surface area contributed by atoms with E-state index in [0.717, 1.165) is 0 Å². The smallest absolute Gasteiger partial charge is 0.266 e. The molecule has 0 aromatic heterocycles. The molecular weight excluding hydrogens is 529 g/mol. The standard InChI is InChI=1S/C24H16BrCl2N3O3/c25-21-12-15(11-16(13-28)24(32)30-20-8-4-18(27)5-9-20)1-10-22(21)33-14-23(31)29-19-6-2-17(26)3-7-19/h1-12H,14H2,(H,29,31)(H,30,32)/b16-11+. The molecule has 0 unspecified atom stereocenters. The number of anilines is 2. The number of hydrogen-bond donors (Lipinski definition) is 2. The molecule has 2 N–H and O–H groups in total. The van der Waals surface area contributed by atoms with Gasteiger partial charge in [-0.25, -0.2) is 0 Å². The Morgan fingerprint density at radius 3 is 2.06 bits per heavy atom. The van der Waals surface area contributed by atoms with Crippen molar-refractivity contribution in [2.45, 2.75) is 0 Å². The molecule has 0 saturated carbocycles. The van der Waals surface area contributed by atoms with E-state index in [1.54, 1.807) is 66.7 Å². The number of benzene rings is 3. The number of hydrogen-bond acceptors (Lipinski definition) is 4. The van der Waals surface area contributed by atoms with Crippen molar-refractivity contribution in [2.24, 2.45) is 0 Å². The first-order valence-corrected chi connectivity index (χ1v) is 11.1. The minimum Gasteiger partial charge on any atom is -0.483 e. The topological polar surface area (TPSA) is 91.2 Å². The summed E-state index contributed by atoms with van der Waals surface area (Å²) >= 11 is 15.0. The van der Waals surface area contributed by atoms with Crippen LogP contribution in [0.25, 0.3) is 6.08 Å². The monoisotopic (exact) mass is 543 g/mol. The van der Waals surface area contributed by atoms with Crippen LogP contribution >= 0.6 is 39.1 Å². The average Bonchev–Trinajstić information content (AvgIpc) is 2.80. The lowest BCUT2D eigenvalue weighted by atomic mass is 10.1. The summed E-state index contributed by atoms with van der Waals surface area (Å²) in [5.41, 5.74) is 1.65. The molecule has 0 fully saturated rings. The lowest BCUT2D eigenvalue weighted by Gasteiger charge is -2.10. The Kier molecular flexibility index (Phi) is 8.50. The number of rotatable bonds is 7. The van der Waals surface area contributed by atoms with E-state index in [-0.39, 0.29) is 18.1 Å². The number of amides is 2. The maximum Gasteiger partial charge on any atom is 0.266 e. The van der Waals surface area contributed by atoms with E-state index >= 15 is 0 Å². The highest BCUT2D eigenvalue weighted by Crippen LogP contribution is 2.27. The lowest BCUT2D eigenvalue weighted by molar-refractivity contribution is -0.118. The van der Waals surface area contributed by atoms with Crippen molar-refractivity contribution < 1.29 is 14.3 Å². The highest BCUT2D eigenvalue weighted by molar-refractivity contribution is 9.10. The summed E-state index contributed by atoms with van der Waals surface area (Å²) in [6, 6.07) is 20.2. The Balaban J connectivity index is 1.62. The van der Waals surface area contributed by atoms with Crippen LogP contribution in [0.4, 0.5) is 11.4 Å². The third-order valence-electron chi connectivity index (χ3n) is 4.22. The third-order valence-corrected chi connectivity index (χ3v) is 5.34. The summed E-state index contributed by atoms with van der Waals surface area (Å²) in [4.78, 5) is 24.5. The van der Waals surface area contributed by atoms with Crippen LogP contribution in [-0.2, 0) is 9.59 Å². The van der Waals surface area contributed by atoms with Gasteiger partial charge in [-0.1, -0.05) is 29.3 Å². The fourth-order valence-electron chi connectivity index (χ4n) is 2.64. The van der Waals surface area contributed by atoms with Crippen molar-refractivity contribution in [2.75, 3.05) is 17.2 Å². The zero-order valence-electron chi connectivity index (χ0n) is 16.9. The molecule has 33 heavy (non-hydrogen) atoms. The van der Waals surface area contributed by atoms with Gasteiger partial charge in [0.2, 0.25) is 0 Å². The summed E-state index contributed by atoms with van der Waals surface area (Å²) in [6.45, 7) is -0.205. The quantitative estimate of drug-likeness (QED) is 0.269. The van der Waals surface area contributed by atoms with Crippen molar-refractivity contribution in [3.8, 4) is 11.8 Å². The predicted octanol–water partition coefficient (Wildman–Crippen LogP) is 6.32. The second kappa shape index (κ2) is 11.5. The molecule has 0 atom stereocenters. The highest BCUT2D eigenvalue weighted by atomic mass is 79.9. The number of ether oxygens (including phenoxy) is 1. The van der Waals surface area contributed by atoms with Gasteiger partial charge in [0.15, 0.2) is 6.61 Å². The van der Waals surface area contributed by atoms with Crippen LogP contribution in [0.1, 0.15) is 5.56 Å². The first-order chi connectivity index (χ1) is 15.8. The molecule has 9 heteroatoms. The number of halogens is 3. The minimum absolute atomic E-state index is 0.0761. The predicted molar refractivity (Wildman–Crippen MR) is 133 cm³/mol. The largest absolute Gasteiger partial charge is 0.483 e. The molecule has 3 aromatic carbocycles. The van der Waals surface area contributed by atoms with Crippen molar-refractivity contribution in [3.63, 3.8) is 0 Å². The van der Waals surface area contributed by atoms with E-state index in [2.05, 4.69) is 26.6 Å². The maximum atomic E-state index is 12.4. The molecule has 0 aliphatic rings. The van der Waals surface area contributed by atoms with E-state index in [1.165, 1.54) is 6.08 Å². The van der Waals surface area contributed by atoms with Crippen LogP contribution in [0.3, 0.4) is 0 Å². The Labute approximate surface area is 208 Å². The van der Waals surface area contributed by atoms with Crippen molar-refractivity contribution in [1.82, 2.24) is 0 Å². The summed E-state index contributed by atoms with van der Waals surface area (Å²) in [5, 5.41) is 15.9. The molecule has 2 amide bonds. The van der Waals surface area contributed by atoms with Gasteiger partial charge in [0.1, 0.15) is 17.4 Å². The fraction of sp³-hybridized carbons (Fsp3) is 0.0417. The lowest BCUT2D eigenvalue weighted by Crippen LogP contribution is -2.20. The first kappa shape index (κ1) is 24.3. The fourth-order valence-corrected chi connectivity index (χ4v) is 3.41. The van der Waals surface area contributed by atoms with Gasteiger partial charge in [0.25, 0.3) is 11.8 Å². The van der Waals surface area contributed by atoms with E-state index in [0.29, 0.717) is 37.2 Å². The molecule has 166 valence electrons. The van der Waals surface area contributed by atoms with Crippen LogP contribution in [0, 0.1) is 11.3 Å². The molecule has 0 aliphatic carbocycles. The van der Waals surface area contributed by atoms with Crippen molar-refractivity contribution in [3.05, 3.63) is 92.4 Å². The normalized spacial score (nSPS) is 10.8. The molecule has 0 spiro atoms. The highest BCUT2D eigenvalue weighted by Gasteiger charge is 2.11. The number of carbonyl (C=O) groups excluding carboxylic acids is 2. The van der Waals surface area contributed by atoms with E-state index < -0.39 is 5.91 Å². The summed E-state index contributed by atoms with van der Waals surface area (Å²) in [7, 11) is 0. The van der Waals surface area contributed by atoms with E-state index in [1.807, 2.05) is 6.07 Å². The summed E-state index contributed by atoms with van der Waals surface area (Å²) in [5.74, 6) is -0.448. The number of carbonyl (C=O) groups is 2. The van der Waals surface area contributed by atoms with Gasteiger partial charge >= 0.3 is 0 Å². The van der Waals surface area contributed by atoms with Crippen LogP contribution in [0.2, 0.25) is 10.0 Å². The minimum atomic E-state index is -0.546. The van der Waals surface area contributed by atoms with Crippen molar-refractivity contribution in [1.29, 1.82) is 5.26 Å². The van der Waals surface area contributed by atoms with Gasteiger partial charge in [-0.3, -0.25) is 9.59 Å². The SMILES string of the molecule is N#C/C(=C\c1ccc(OCC(=O)Nc2ccc(Cl)cc2)c(Br)c1)C(=O)Nc1ccc(Cl)cc1. The van der Waals surface area contributed by atoms with Gasteiger partial charge in [-0.15, -0.1) is 0 Å². The van der Waals surface area contributed by atoms with E-state index in [4.69, 9.17) is 27.9 Å². The Bertz CT molecular complexity index is 1240. The number of nitrogens with zero attached hydrogens (tertiary/aromatic N) is 1. The molecule has 0 saturated heterocycles. The van der Waals surface area contributed by atoms with Crippen LogP contribution < -0.4 is 15.4 Å². The van der Waals surface area contributed by atoms with Gasteiger partial charge in [-0.05, 0) is 88.2 Å². The van der Waals surface area contributed by atoms with Gasteiger partial charge in [-0.2, -0.15) is 5.26 Å². The summed E-state index contributed by atoms with van der Waals surface area (Å²) in [6.07, 6.45) is 1.45. The summed E-state index contributed by atoms with van der Waals surface area (Å²) < 4.78 is 6.12. The molecular formula is C24H16BrCl2N3O3. The van der Waals surface area contributed by atoms with Gasteiger partial charge < -0.3 is 15.4 Å². The van der Waals surface area contributed by atoms with Crippen LogP contribution in [0.5, 0.6) is 5.75 Å². The zero-order chi connectivity index (χ0) is 23.8. The molecule has 0 heterocycles. The average molecular weight is 545 g/mol. The van der Waals surface area contributed by atoms with E-state index in [9.17, 15) is 14.9 Å².